The number of nitrogens with two attached hydrogens (primary N) is 1. The van der Waals surface area contributed by atoms with Gasteiger partial charge in [-0.3, -0.25) is 0 Å². The zero-order valence-electron chi connectivity index (χ0n) is 7.68. The third-order valence-corrected chi connectivity index (χ3v) is 2.01. The molecule has 76 valence electrons. The van der Waals surface area contributed by atoms with Crippen LogP contribution in [0.15, 0.2) is 38.6 Å². The summed E-state index contributed by atoms with van der Waals surface area (Å²) >= 11 is 0. The molecule has 0 unspecified atom stereocenters. The van der Waals surface area contributed by atoms with E-state index >= 15 is 0 Å². The van der Waals surface area contributed by atoms with Crippen molar-refractivity contribution < 1.29 is 9.52 Å². The van der Waals surface area contributed by atoms with Crippen LogP contribution < -0.4 is 11.5 Å². The first-order valence-corrected chi connectivity index (χ1v) is 4.21. The SMILES string of the molecule is N/N=C/c1c(O)ccc2ccc(=O)oc12. The molecule has 0 spiro atoms. The van der Waals surface area contributed by atoms with E-state index in [0.29, 0.717) is 10.9 Å². The maximum atomic E-state index is 11.0. The molecule has 3 N–H and O–H groups in total. The average molecular weight is 204 g/mol. The molecule has 0 radical (unpaired) electrons. The second-order valence-electron chi connectivity index (χ2n) is 2.95. The lowest BCUT2D eigenvalue weighted by Gasteiger charge is -2.01. The number of phenols is 1. The van der Waals surface area contributed by atoms with E-state index in [4.69, 9.17) is 10.3 Å². The van der Waals surface area contributed by atoms with Crippen LogP contribution in [0.5, 0.6) is 5.75 Å². The van der Waals surface area contributed by atoms with Crippen LogP contribution in [0.25, 0.3) is 11.0 Å². The monoisotopic (exact) mass is 204 g/mol. The Morgan fingerprint density at radius 2 is 2.07 bits per heavy atom. The van der Waals surface area contributed by atoms with Crippen LogP contribution >= 0.6 is 0 Å². The molecule has 1 aromatic carbocycles. The van der Waals surface area contributed by atoms with E-state index in [1.807, 2.05) is 0 Å². The molecule has 0 fully saturated rings. The summed E-state index contributed by atoms with van der Waals surface area (Å²) in [6.45, 7) is 0. The molecule has 5 nitrogen and oxygen atoms in total. The Labute approximate surface area is 84.4 Å². The summed E-state index contributed by atoms with van der Waals surface area (Å²) < 4.78 is 4.96. The lowest BCUT2D eigenvalue weighted by molar-refractivity contribution is 0.472. The van der Waals surface area contributed by atoms with Crippen molar-refractivity contribution in [2.24, 2.45) is 10.9 Å². The van der Waals surface area contributed by atoms with Gasteiger partial charge in [0.25, 0.3) is 0 Å². The van der Waals surface area contributed by atoms with E-state index in [-0.39, 0.29) is 11.3 Å². The van der Waals surface area contributed by atoms with Crippen molar-refractivity contribution in [3.63, 3.8) is 0 Å². The summed E-state index contributed by atoms with van der Waals surface area (Å²) in [6, 6.07) is 6.04. The van der Waals surface area contributed by atoms with Gasteiger partial charge in [0.1, 0.15) is 5.75 Å². The molecule has 15 heavy (non-hydrogen) atoms. The Bertz CT molecular complexity index is 587. The van der Waals surface area contributed by atoms with Gasteiger partial charge in [-0.25, -0.2) is 4.79 Å². The molecule has 2 aromatic rings. The zero-order valence-corrected chi connectivity index (χ0v) is 7.68. The molecule has 0 saturated carbocycles. The Balaban J connectivity index is 2.90. The first kappa shape index (κ1) is 9.26. The van der Waals surface area contributed by atoms with Crippen LogP contribution in [0.4, 0.5) is 0 Å². The number of phenolic OH excluding ortho intramolecular Hbond substituents is 1. The molecule has 2 rings (SSSR count). The van der Waals surface area contributed by atoms with Crippen LogP contribution in [0.1, 0.15) is 5.56 Å². The summed E-state index contributed by atoms with van der Waals surface area (Å²) in [6.07, 6.45) is 1.24. The fourth-order valence-electron chi connectivity index (χ4n) is 1.34. The van der Waals surface area contributed by atoms with Gasteiger partial charge in [-0.1, -0.05) is 0 Å². The molecule has 0 aliphatic carbocycles. The van der Waals surface area contributed by atoms with Gasteiger partial charge >= 0.3 is 5.63 Å². The summed E-state index contributed by atoms with van der Waals surface area (Å²) in [7, 11) is 0. The van der Waals surface area contributed by atoms with Crippen molar-refractivity contribution in [1.29, 1.82) is 0 Å². The van der Waals surface area contributed by atoms with Crippen molar-refractivity contribution in [3.05, 3.63) is 40.2 Å². The molecule has 0 amide bonds. The van der Waals surface area contributed by atoms with Gasteiger partial charge in [0.05, 0.1) is 11.8 Å². The molecular formula is C10H8N2O3. The summed E-state index contributed by atoms with van der Waals surface area (Å²) in [5.41, 5.74) is 0.0872. The van der Waals surface area contributed by atoms with Gasteiger partial charge in [0.15, 0.2) is 5.58 Å². The minimum absolute atomic E-state index is 0.0361. The van der Waals surface area contributed by atoms with Crippen LogP contribution in [-0.2, 0) is 0 Å². The average Bonchev–Trinajstić information content (AvgIpc) is 2.23. The van der Waals surface area contributed by atoms with Crippen LogP contribution in [0.3, 0.4) is 0 Å². The number of nitrogens with zero attached hydrogens (tertiary/aromatic N) is 1. The third-order valence-electron chi connectivity index (χ3n) is 2.01. The normalized spacial score (nSPS) is 11.2. The maximum absolute atomic E-state index is 11.0. The summed E-state index contributed by atoms with van der Waals surface area (Å²) in [4.78, 5) is 11.0. The number of aromatic hydroxyl groups is 1. The van der Waals surface area contributed by atoms with Gasteiger partial charge in [-0.15, -0.1) is 0 Å². The van der Waals surface area contributed by atoms with Crippen molar-refractivity contribution >= 4 is 17.2 Å². The van der Waals surface area contributed by atoms with Gasteiger partial charge in [-0.2, -0.15) is 5.10 Å². The lowest BCUT2D eigenvalue weighted by Crippen LogP contribution is -1.97. The first-order chi connectivity index (χ1) is 7.22. The lowest BCUT2D eigenvalue weighted by atomic mass is 10.1. The molecular weight excluding hydrogens is 196 g/mol. The fourth-order valence-corrected chi connectivity index (χ4v) is 1.34. The van der Waals surface area contributed by atoms with Gasteiger partial charge in [-0.05, 0) is 18.2 Å². The van der Waals surface area contributed by atoms with Crippen LogP contribution in [-0.4, -0.2) is 11.3 Å². The second-order valence-corrected chi connectivity index (χ2v) is 2.95. The molecule has 0 saturated heterocycles. The van der Waals surface area contributed by atoms with Gasteiger partial charge < -0.3 is 15.4 Å². The number of benzene rings is 1. The molecule has 0 bridgehead atoms. The predicted molar refractivity (Wildman–Crippen MR) is 55.9 cm³/mol. The molecule has 5 heteroatoms. The van der Waals surface area contributed by atoms with Crippen molar-refractivity contribution in [1.82, 2.24) is 0 Å². The highest BCUT2D eigenvalue weighted by Crippen LogP contribution is 2.24. The topological polar surface area (TPSA) is 88.8 Å². The molecule has 0 aliphatic rings. The number of fused-ring (bicyclic) bond motifs is 1. The first-order valence-electron chi connectivity index (χ1n) is 4.21. The number of hydrazone groups is 1. The number of hydrogen-bond acceptors (Lipinski definition) is 5. The van der Waals surface area contributed by atoms with Crippen LogP contribution in [0, 0.1) is 0 Å². The molecule has 1 aromatic heterocycles. The molecule has 0 aliphatic heterocycles. The quantitative estimate of drug-likeness (QED) is 0.311. The maximum Gasteiger partial charge on any atom is 0.336 e. The van der Waals surface area contributed by atoms with Gasteiger partial charge in [0.2, 0.25) is 0 Å². The Hall–Kier alpha value is -2.30. The standard InChI is InChI=1S/C10H8N2O3/c11-12-5-7-8(13)3-1-6-2-4-9(14)15-10(6)7/h1-5,13H,11H2/b12-5+. The van der Waals surface area contributed by atoms with Crippen molar-refractivity contribution in [3.8, 4) is 5.75 Å². The van der Waals surface area contributed by atoms with Gasteiger partial charge in [0, 0.05) is 11.5 Å². The summed E-state index contributed by atoms with van der Waals surface area (Å²) in [5.74, 6) is 4.96. The largest absolute Gasteiger partial charge is 0.507 e. The molecule has 0 atom stereocenters. The van der Waals surface area contributed by atoms with E-state index in [2.05, 4.69) is 5.10 Å². The van der Waals surface area contributed by atoms with Crippen molar-refractivity contribution in [2.45, 2.75) is 0 Å². The minimum Gasteiger partial charge on any atom is -0.507 e. The highest BCUT2D eigenvalue weighted by atomic mass is 16.4. The van der Waals surface area contributed by atoms with E-state index in [9.17, 15) is 9.90 Å². The van der Waals surface area contributed by atoms with Crippen molar-refractivity contribution in [2.75, 3.05) is 0 Å². The highest BCUT2D eigenvalue weighted by molar-refractivity contribution is 5.98. The predicted octanol–water partition coefficient (Wildman–Crippen LogP) is 0.791. The van der Waals surface area contributed by atoms with E-state index in [1.165, 1.54) is 18.3 Å². The fraction of sp³-hybridized carbons (Fsp3) is 0. The Morgan fingerprint density at radius 1 is 1.33 bits per heavy atom. The molecule has 1 heterocycles. The second kappa shape index (κ2) is 3.45. The zero-order chi connectivity index (χ0) is 10.8. The summed E-state index contributed by atoms with van der Waals surface area (Å²) in [5, 5.41) is 13.5. The van der Waals surface area contributed by atoms with E-state index < -0.39 is 5.63 Å². The Kier molecular flexibility index (Phi) is 2.13. The van der Waals surface area contributed by atoms with E-state index in [1.54, 1.807) is 12.1 Å². The third kappa shape index (κ3) is 1.54. The highest BCUT2D eigenvalue weighted by Gasteiger charge is 2.07. The number of hydrogen-bond donors (Lipinski definition) is 2. The Morgan fingerprint density at radius 3 is 2.80 bits per heavy atom. The minimum atomic E-state index is -0.486. The smallest absolute Gasteiger partial charge is 0.336 e. The van der Waals surface area contributed by atoms with Crippen LogP contribution in [0.2, 0.25) is 0 Å². The van der Waals surface area contributed by atoms with E-state index in [0.717, 1.165) is 0 Å². The number of rotatable bonds is 1.